The van der Waals surface area contributed by atoms with Crippen LogP contribution in [-0.4, -0.2) is 16.7 Å². The molecular weight excluding hydrogens is 202 g/mol. The third-order valence-corrected chi connectivity index (χ3v) is 2.32. The van der Waals surface area contributed by atoms with Gasteiger partial charge in [-0.2, -0.15) is 0 Å². The van der Waals surface area contributed by atoms with Crippen molar-refractivity contribution in [1.29, 1.82) is 0 Å². The molecule has 0 aliphatic heterocycles. The molecule has 4 nitrogen and oxygen atoms in total. The van der Waals surface area contributed by atoms with Crippen molar-refractivity contribution in [2.75, 3.05) is 6.54 Å². The molecule has 1 heterocycles. The van der Waals surface area contributed by atoms with Crippen LogP contribution < -0.4 is 5.32 Å². The van der Waals surface area contributed by atoms with E-state index in [1.807, 2.05) is 0 Å². The summed E-state index contributed by atoms with van der Waals surface area (Å²) in [6.45, 7) is 11.6. The van der Waals surface area contributed by atoms with Crippen molar-refractivity contribution in [1.82, 2.24) is 15.5 Å². The number of nitrogens with one attached hydrogen (secondary N) is 1. The Morgan fingerprint density at radius 1 is 1.25 bits per heavy atom. The van der Waals surface area contributed by atoms with Crippen LogP contribution in [0.4, 0.5) is 0 Å². The van der Waals surface area contributed by atoms with Crippen LogP contribution in [0.1, 0.15) is 58.9 Å². The maximum absolute atomic E-state index is 5.68. The normalized spacial score (nSPS) is 14.1. The molecule has 0 aliphatic rings. The van der Waals surface area contributed by atoms with Crippen LogP contribution in [0.3, 0.4) is 0 Å². The second kappa shape index (κ2) is 5.43. The number of rotatable bonds is 5. The Kier molecular flexibility index (Phi) is 4.47. The molecule has 92 valence electrons. The van der Waals surface area contributed by atoms with E-state index in [0.29, 0.717) is 5.89 Å². The van der Waals surface area contributed by atoms with Crippen LogP contribution in [0, 0.1) is 5.41 Å². The lowest BCUT2D eigenvalue weighted by Crippen LogP contribution is -2.20. The fourth-order valence-electron chi connectivity index (χ4n) is 1.59. The Morgan fingerprint density at radius 2 is 1.94 bits per heavy atom. The van der Waals surface area contributed by atoms with Gasteiger partial charge in [-0.25, -0.2) is 0 Å². The lowest BCUT2D eigenvalue weighted by Gasteiger charge is -2.14. The number of nitrogens with zero attached hydrogens (tertiary/aromatic N) is 2. The van der Waals surface area contributed by atoms with Crippen molar-refractivity contribution in [3.63, 3.8) is 0 Å². The van der Waals surface area contributed by atoms with E-state index < -0.39 is 0 Å². The van der Waals surface area contributed by atoms with Gasteiger partial charge in [0.1, 0.15) is 0 Å². The summed E-state index contributed by atoms with van der Waals surface area (Å²) in [6.07, 6.45) is 1.79. The van der Waals surface area contributed by atoms with Crippen LogP contribution in [0.15, 0.2) is 4.42 Å². The minimum atomic E-state index is 0.184. The quantitative estimate of drug-likeness (QED) is 0.837. The number of aromatic nitrogens is 2. The highest BCUT2D eigenvalue weighted by Crippen LogP contribution is 2.21. The predicted octanol–water partition coefficient (Wildman–Crippen LogP) is 2.72. The highest BCUT2D eigenvalue weighted by Gasteiger charge is 2.19. The van der Waals surface area contributed by atoms with Gasteiger partial charge in [-0.1, -0.05) is 34.6 Å². The number of hydrogen-bond donors (Lipinski definition) is 1. The summed E-state index contributed by atoms with van der Waals surface area (Å²) >= 11 is 0. The Bertz CT molecular complexity index is 314. The zero-order valence-electron chi connectivity index (χ0n) is 11.0. The predicted molar refractivity (Wildman–Crippen MR) is 64.2 cm³/mol. The van der Waals surface area contributed by atoms with Gasteiger partial charge < -0.3 is 9.73 Å². The first-order chi connectivity index (χ1) is 7.46. The first-order valence-electron chi connectivity index (χ1n) is 6.02. The Labute approximate surface area is 97.8 Å². The molecule has 0 spiro atoms. The van der Waals surface area contributed by atoms with Gasteiger partial charge in [0, 0.05) is 6.42 Å². The Balaban J connectivity index is 2.69. The summed E-state index contributed by atoms with van der Waals surface area (Å²) in [6, 6.07) is 0.186. The van der Waals surface area contributed by atoms with Crippen molar-refractivity contribution < 1.29 is 4.42 Å². The minimum absolute atomic E-state index is 0.184. The van der Waals surface area contributed by atoms with Crippen LogP contribution in [0.5, 0.6) is 0 Å². The van der Waals surface area contributed by atoms with Gasteiger partial charge in [0.25, 0.3) is 0 Å². The van der Waals surface area contributed by atoms with Crippen LogP contribution in [0.2, 0.25) is 0 Å². The summed E-state index contributed by atoms with van der Waals surface area (Å²) in [5.74, 6) is 1.45. The van der Waals surface area contributed by atoms with Crippen molar-refractivity contribution in [2.24, 2.45) is 5.41 Å². The molecule has 0 saturated heterocycles. The zero-order valence-corrected chi connectivity index (χ0v) is 11.0. The van der Waals surface area contributed by atoms with E-state index in [1.54, 1.807) is 0 Å². The molecule has 16 heavy (non-hydrogen) atoms. The molecule has 1 aromatic heterocycles. The van der Waals surface area contributed by atoms with Gasteiger partial charge in [-0.3, -0.25) is 0 Å². The molecule has 0 saturated carbocycles. The monoisotopic (exact) mass is 225 g/mol. The molecular formula is C12H23N3O. The number of hydrogen-bond acceptors (Lipinski definition) is 4. The molecule has 1 rings (SSSR count). The van der Waals surface area contributed by atoms with E-state index in [1.165, 1.54) is 0 Å². The largest absolute Gasteiger partial charge is 0.424 e. The average molecular weight is 225 g/mol. The summed E-state index contributed by atoms with van der Waals surface area (Å²) in [7, 11) is 0. The van der Waals surface area contributed by atoms with Crippen molar-refractivity contribution in [3.05, 3.63) is 11.8 Å². The van der Waals surface area contributed by atoms with Gasteiger partial charge in [-0.15, -0.1) is 10.2 Å². The van der Waals surface area contributed by atoms with Gasteiger partial charge >= 0.3 is 0 Å². The Morgan fingerprint density at radius 3 is 2.44 bits per heavy atom. The standard InChI is InChI=1S/C12H23N3O/c1-6-9(13-7-2)11-15-14-10(16-11)8-12(3,4)5/h9,13H,6-8H2,1-5H3. The molecule has 1 atom stereocenters. The van der Waals surface area contributed by atoms with Gasteiger partial charge in [0.2, 0.25) is 11.8 Å². The van der Waals surface area contributed by atoms with Gasteiger partial charge in [0.05, 0.1) is 6.04 Å². The van der Waals surface area contributed by atoms with E-state index >= 15 is 0 Å². The van der Waals surface area contributed by atoms with Gasteiger partial charge in [0.15, 0.2) is 0 Å². The SMILES string of the molecule is CCNC(CC)c1nnc(CC(C)(C)C)o1. The van der Waals surface area contributed by atoms with Crippen molar-refractivity contribution >= 4 is 0 Å². The highest BCUT2D eigenvalue weighted by molar-refractivity contribution is 4.91. The lowest BCUT2D eigenvalue weighted by atomic mass is 9.92. The summed E-state index contributed by atoms with van der Waals surface area (Å²) in [5, 5.41) is 11.5. The first kappa shape index (κ1) is 13.2. The summed E-state index contributed by atoms with van der Waals surface area (Å²) < 4.78 is 5.68. The molecule has 0 bridgehead atoms. The van der Waals surface area contributed by atoms with Crippen molar-refractivity contribution in [3.8, 4) is 0 Å². The average Bonchev–Trinajstić information content (AvgIpc) is 2.59. The smallest absolute Gasteiger partial charge is 0.233 e. The van der Waals surface area contributed by atoms with Crippen molar-refractivity contribution in [2.45, 2.75) is 53.5 Å². The molecule has 0 amide bonds. The van der Waals surface area contributed by atoms with Crippen LogP contribution >= 0.6 is 0 Å². The second-order valence-electron chi connectivity index (χ2n) is 5.29. The third-order valence-electron chi connectivity index (χ3n) is 2.32. The molecule has 0 fully saturated rings. The molecule has 1 N–H and O–H groups in total. The molecule has 4 heteroatoms. The maximum Gasteiger partial charge on any atom is 0.233 e. The zero-order chi connectivity index (χ0) is 12.2. The molecule has 0 aromatic carbocycles. The minimum Gasteiger partial charge on any atom is -0.424 e. The molecule has 1 unspecified atom stereocenters. The van der Waals surface area contributed by atoms with E-state index in [2.05, 4.69) is 50.1 Å². The maximum atomic E-state index is 5.68. The van der Waals surface area contributed by atoms with E-state index in [-0.39, 0.29) is 11.5 Å². The Hall–Kier alpha value is -0.900. The first-order valence-corrected chi connectivity index (χ1v) is 6.02. The lowest BCUT2D eigenvalue weighted by molar-refractivity contribution is 0.326. The molecule has 0 aliphatic carbocycles. The van der Waals surface area contributed by atoms with E-state index in [9.17, 15) is 0 Å². The summed E-state index contributed by atoms with van der Waals surface area (Å²) in [5.41, 5.74) is 0.184. The van der Waals surface area contributed by atoms with Gasteiger partial charge in [-0.05, 0) is 18.4 Å². The van der Waals surface area contributed by atoms with Crippen LogP contribution in [-0.2, 0) is 6.42 Å². The van der Waals surface area contributed by atoms with Crippen LogP contribution in [0.25, 0.3) is 0 Å². The second-order valence-corrected chi connectivity index (χ2v) is 5.29. The fourth-order valence-corrected chi connectivity index (χ4v) is 1.59. The highest BCUT2D eigenvalue weighted by atomic mass is 16.4. The molecule has 0 radical (unpaired) electrons. The van der Waals surface area contributed by atoms with E-state index in [0.717, 1.165) is 25.3 Å². The van der Waals surface area contributed by atoms with E-state index in [4.69, 9.17) is 4.42 Å². The topological polar surface area (TPSA) is 51.0 Å². The third kappa shape index (κ3) is 3.93. The fraction of sp³-hybridized carbons (Fsp3) is 0.833. The molecule has 1 aromatic rings. The summed E-state index contributed by atoms with van der Waals surface area (Å²) in [4.78, 5) is 0.